The number of rotatable bonds is 4. The number of aromatic nitrogens is 3. The highest BCUT2D eigenvalue weighted by Gasteiger charge is 2.12. The van der Waals surface area contributed by atoms with E-state index in [4.69, 9.17) is 9.97 Å². The zero-order valence-electron chi connectivity index (χ0n) is 22.8. The third-order valence-corrected chi connectivity index (χ3v) is 8.04. The second-order valence-electron chi connectivity index (χ2n) is 10.5. The molecule has 0 spiro atoms. The quantitative estimate of drug-likeness (QED) is 0.228. The molecule has 0 radical (unpaired) electrons. The molecule has 4 nitrogen and oxygen atoms in total. The van der Waals surface area contributed by atoms with Gasteiger partial charge < -0.3 is 5.32 Å². The Kier molecular flexibility index (Phi) is 5.82. The number of pyridine rings is 3. The van der Waals surface area contributed by atoms with Crippen molar-refractivity contribution in [3.05, 3.63) is 146 Å². The number of nitrogens with one attached hydrogen (secondary N) is 1. The maximum Gasteiger partial charge on any atom is 0.0886 e. The Morgan fingerprint density at radius 1 is 0.476 bits per heavy atom. The van der Waals surface area contributed by atoms with Crippen LogP contribution in [0, 0.1) is 0 Å². The second kappa shape index (κ2) is 10.1. The Balaban J connectivity index is 1.22. The van der Waals surface area contributed by atoms with E-state index in [-0.39, 0.29) is 0 Å². The lowest BCUT2D eigenvalue weighted by atomic mass is 9.90. The van der Waals surface area contributed by atoms with E-state index in [2.05, 4.69) is 107 Å². The minimum Gasteiger partial charge on any atom is -0.380 e. The molecule has 0 unspecified atom stereocenters. The summed E-state index contributed by atoms with van der Waals surface area (Å²) in [5.41, 5.74) is 8.26. The van der Waals surface area contributed by atoms with E-state index in [1.807, 2.05) is 36.7 Å². The minimum absolute atomic E-state index is 0.831. The van der Waals surface area contributed by atoms with E-state index in [1.54, 1.807) is 6.20 Å². The van der Waals surface area contributed by atoms with Gasteiger partial charge in [0.2, 0.25) is 0 Å². The monoisotopic (exact) mass is 538 g/mol. The lowest BCUT2D eigenvalue weighted by molar-refractivity contribution is 0.981. The van der Waals surface area contributed by atoms with Crippen molar-refractivity contribution < 1.29 is 0 Å². The molecule has 0 saturated carbocycles. The average molecular weight is 539 g/mol. The number of hydrogen-bond donors (Lipinski definition) is 1. The van der Waals surface area contributed by atoms with Crippen LogP contribution in [-0.4, -0.2) is 21.5 Å². The summed E-state index contributed by atoms with van der Waals surface area (Å²) in [6.07, 6.45) is 11.9. The minimum atomic E-state index is 0.831. The van der Waals surface area contributed by atoms with Crippen molar-refractivity contribution in [1.82, 2.24) is 20.3 Å². The molecular weight excluding hydrogens is 512 g/mol. The standard InChI is InChI=1S/C38H26N4/c1-2-8-30-29(7-1)33-21-25(27-13-17-37(41-23-27)35-9-3-5-19-39-35)11-15-31(33)32-16-12-26(22-34(30)32)28-14-18-38(42-24-28)36-10-4-6-20-40-36/h1-19,21-24,40H,20H2. The number of hydrogen-bond acceptors (Lipinski definition) is 4. The second-order valence-corrected chi connectivity index (χ2v) is 10.5. The fourth-order valence-corrected chi connectivity index (χ4v) is 5.91. The van der Waals surface area contributed by atoms with Gasteiger partial charge in [-0.15, -0.1) is 0 Å². The number of allylic oxidation sites excluding steroid dienone is 2. The van der Waals surface area contributed by atoms with E-state index < -0.39 is 0 Å². The molecule has 0 bridgehead atoms. The van der Waals surface area contributed by atoms with Crippen molar-refractivity contribution in [2.75, 3.05) is 6.54 Å². The van der Waals surface area contributed by atoms with Crippen LogP contribution >= 0.6 is 0 Å². The van der Waals surface area contributed by atoms with Gasteiger partial charge in [-0.25, -0.2) is 0 Å². The average Bonchev–Trinajstić information content (AvgIpc) is 3.09. The molecule has 4 heteroatoms. The van der Waals surface area contributed by atoms with Crippen LogP contribution in [0.4, 0.5) is 0 Å². The third kappa shape index (κ3) is 4.21. The molecular formula is C38H26N4. The summed E-state index contributed by atoms with van der Waals surface area (Å²) in [5.74, 6) is 0. The van der Waals surface area contributed by atoms with E-state index in [0.717, 1.165) is 51.6 Å². The van der Waals surface area contributed by atoms with Gasteiger partial charge in [0, 0.05) is 36.3 Å². The van der Waals surface area contributed by atoms with Gasteiger partial charge in [0.15, 0.2) is 0 Å². The molecule has 0 aliphatic carbocycles. The number of benzene rings is 4. The Morgan fingerprint density at radius 2 is 1.05 bits per heavy atom. The van der Waals surface area contributed by atoms with Crippen molar-refractivity contribution in [3.8, 4) is 33.6 Å². The summed E-state index contributed by atoms with van der Waals surface area (Å²) in [7, 11) is 0. The van der Waals surface area contributed by atoms with Gasteiger partial charge in [0.25, 0.3) is 0 Å². The molecule has 0 amide bonds. The van der Waals surface area contributed by atoms with Crippen LogP contribution in [0.3, 0.4) is 0 Å². The highest BCUT2D eigenvalue weighted by Crippen LogP contribution is 2.39. The molecule has 1 aliphatic rings. The largest absolute Gasteiger partial charge is 0.380 e. The van der Waals surface area contributed by atoms with Crippen molar-refractivity contribution in [3.63, 3.8) is 0 Å². The molecule has 198 valence electrons. The van der Waals surface area contributed by atoms with E-state index in [1.165, 1.54) is 32.3 Å². The first kappa shape index (κ1) is 24.2. The maximum absolute atomic E-state index is 4.76. The lowest BCUT2D eigenvalue weighted by Crippen LogP contribution is -2.15. The smallest absolute Gasteiger partial charge is 0.0886 e. The van der Waals surface area contributed by atoms with Crippen LogP contribution in [-0.2, 0) is 0 Å². The van der Waals surface area contributed by atoms with Crippen LogP contribution in [0.2, 0.25) is 0 Å². The number of fused-ring (bicyclic) bond motifs is 6. The van der Waals surface area contributed by atoms with Gasteiger partial charge in [-0.3, -0.25) is 15.0 Å². The number of dihydropyridines is 1. The highest BCUT2D eigenvalue weighted by molar-refractivity contribution is 6.26. The van der Waals surface area contributed by atoms with Crippen LogP contribution < -0.4 is 5.32 Å². The SMILES string of the molecule is C1=CCNC(c2ccc(-c3ccc4c5ccc(-c6ccc(-c7ccccn7)nc6)cc5c5ccccc5c4c3)cn2)=C1. The van der Waals surface area contributed by atoms with Gasteiger partial charge in [0.1, 0.15) is 0 Å². The molecule has 0 saturated heterocycles. The van der Waals surface area contributed by atoms with E-state index >= 15 is 0 Å². The third-order valence-electron chi connectivity index (χ3n) is 8.04. The van der Waals surface area contributed by atoms with Gasteiger partial charge in [-0.05, 0) is 85.9 Å². The zero-order chi connectivity index (χ0) is 27.9. The fourth-order valence-electron chi connectivity index (χ4n) is 5.91. The molecule has 4 heterocycles. The highest BCUT2D eigenvalue weighted by atomic mass is 14.9. The van der Waals surface area contributed by atoms with Crippen molar-refractivity contribution in [2.24, 2.45) is 0 Å². The maximum atomic E-state index is 4.76. The first-order chi connectivity index (χ1) is 20.8. The van der Waals surface area contributed by atoms with Crippen molar-refractivity contribution in [2.45, 2.75) is 0 Å². The predicted octanol–water partition coefficient (Wildman–Crippen LogP) is 8.83. The summed E-state index contributed by atoms with van der Waals surface area (Å²) in [6.45, 7) is 0.831. The molecule has 0 fully saturated rings. The fraction of sp³-hybridized carbons (Fsp3) is 0.0263. The van der Waals surface area contributed by atoms with Gasteiger partial charge >= 0.3 is 0 Å². The van der Waals surface area contributed by atoms with Crippen LogP contribution in [0.1, 0.15) is 5.69 Å². The molecule has 4 aromatic carbocycles. The van der Waals surface area contributed by atoms with E-state index in [9.17, 15) is 0 Å². The Morgan fingerprint density at radius 3 is 1.60 bits per heavy atom. The van der Waals surface area contributed by atoms with Crippen LogP contribution in [0.5, 0.6) is 0 Å². The van der Waals surface area contributed by atoms with Crippen LogP contribution in [0.25, 0.3) is 71.7 Å². The van der Waals surface area contributed by atoms with Gasteiger partial charge in [-0.1, -0.05) is 78.9 Å². The first-order valence-electron chi connectivity index (χ1n) is 14.2. The summed E-state index contributed by atoms with van der Waals surface area (Å²) in [4.78, 5) is 13.9. The normalized spacial score (nSPS) is 12.9. The summed E-state index contributed by atoms with van der Waals surface area (Å²) in [6, 6.07) is 36.5. The zero-order valence-corrected chi connectivity index (χ0v) is 22.8. The van der Waals surface area contributed by atoms with E-state index in [0.29, 0.717) is 0 Å². The molecule has 3 aromatic heterocycles. The van der Waals surface area contributed by atoms with Crippen molar-refractivity contribution in [1.29, 1.82) is 0 Å². The molecule has 7 aromatic rings. The Bertz CT molecular complexity index is 2140. The Labute approximate surface area is 243 Å². The summed E-state index contributed by atoms with van der Waals surface area (Å²) in [5, 5.41) is 10.9. The van der Waals surface area contributed by atoms with Gasteiger partial charge in [-0.2, -0.15) is 0 Å². The summed E-state index contributed by atoms with van der Waals surface area (Å²) >= 11 is 0. The van der Waals surface area contributed by atoms with Crippen molar-refractivity contribution >= 4 is 38.0 Å². The molecule has 0 atom stereocenters. The van der Waals surface area contributed by atoms with Gasteiger partial charge in [0.05, 0.1) is 22.8 Å². The molecule has 42 heavy (non-hydrogen) atoms. The lowest BCUT2D eigenvalue weighted by Gasteiger charge is -2.14. The summed E-state index contributed by atoms with van der Waals surface area (Å²) < 4.78 is 0. The molecule has 8 rings (SSSR count). The number of nitrogens with zero attached hydrogens (tertiary/aromatic N) is 3. The first-order valence-corrected chi connectivity index (χ1v) is 14.2. The molecule has 1 aliphatic heterocycles. The predicted molar refractivity (Wildman–Crippen MR) is 174 cm³/mol. The molecule has 1 N–H and O–H groups in total. The van der Waals surface area contributed by atoms with Crippen LogP contribution in [0.15, 0.2) is 140 Å². The topological polar surface area (TPSA) is 50.7 Å². The Hall–Kier alpha value is -5.61.